The maximum absolute atomic E-state index is 14.6. The van der Waals surface area contributed by atoms with Gasteiger partial charge in [0.25, 0.3) is 0 Å². The van der Waals surface area contributed by atoms with E-state index in [9.17, 15) is 35.5 Å². The van der Waals surface area contributed by atoms with E-state index in [4.69, 9.17) is 11.6 Å². The van der Waals surface area contributed by atoms with Crippen molar-refractivity contribution in [3.05, 3.63) is 69.5 Å². The number of hydrogen-bond donors (Lipinski definition) is 0. The second kappa shape index (κ2) is 14.4. The summed E-state index contributed by atoms with van der Waals surface area (Å²) in [4.78, 5) is 19.9. The van der Waals surface area contributed by atoms with E-state index in [0.29, 0.717) is 56.9 Å². The first kappa shape index (κ1) is 35.0. The van der Waals surface area contributed by atoms with Crippen LogP contribution >= 0.6 is 11.6 Å². The molecule has 1 atom stereocenters. The van der Waals surface area contributed by atoms with Crippen LogP contribution in [0.1, 0.15) is 80.0 Å². The number of likely N-dealkylation sites (tertiary alicyclic amines) is 1. The number of carbonyl (C=O) groups is 1. The minimum absolute atomic E-state index is 0.0165. The molecule has 2 saturated heterocycles. The van der Waals surface area contributed by atoms with Gasteiger partial charge in [-0.05, 0) is 68.5 Å². The number of piperazine rings is 1. The highest BCUT2D eigenvalue weighted by atomic mass is 35.5. The van der Waals surface area contributed by atoms with Gasteiger partial charge in [-0.2, -0.15) is 26.3 Å². The van der Waals surface area contributed by atoms with Gasteiger partial charge in [0.15, 0.2) is 0 Å². The lowest BCUT2D eigenvalue weighted by molar-refractivity contribution is -0.162. The third-order valence-electron chi connectivity index (χ3n) is 10.2. The smallest absolute Gasteiger partial charge is 0.342 e. The number of halogens is 8. The highest BCUT2D eigenvalue weighted by Crippen LogP contribution is 2.45. The molecule has 12 heteroatoms. The van der Waals surface area contributed by atoms with Crippen LogP contribution in [-0.2, 0) is 29.0 Å². The van der Waals surface area contributed by atoms with Gasteiger partial charge in [-0.25, -0.2) is 4.39 Å². The second-order valence-corrected chi connectivity index (χ2v) is 13.5. The molecule has 0 spiro atoms. The summed E-state index contributed by atoms with van der Waals surface area (Å²) in [5.74, 6) is -1.06. The zero-order chi connectivity index (χ0) is 33.1. The van der Waals surface area contributed by atoms with Crippen LogP contribution in [0.4, 0.5) is 30.7 Å². The topological polar surface area (TPSA) is 26.8 Å². The Balaban J connectivity index is 1.43. The van der Waals surface area contributed by atoms with Gasteiger partial charge in [0.05, 0.1) is 17.5 Å². The van der Waals surface area contributed by atoms with Crippen LogP contribution in [0.2, 0.25) is 5.02 Å². The fourth-order valence-electron chi connectivity index (χ4n) is 7.58. The first-order valence-corrected chi connectivity index (χ1v) is 16.6. The van der Waals surface area contributed by atoms with Crippen LogP contribution in [0.15, 0.2) is 36.4 Å². The van der Waals surface area contributed by atoms with Crippen molar-refractivity contribution in [1.82, 2.24) is 14.7 Å². The van der Waals surface area contributed by atoms with Crippen LogP contribution in [0.5, 0.6) is 0 Å². The normalized spacial score (nSPS) is 23.0. The van der Waals surface area contributed by atoms with Gasteiger partial charge in [-0.15, -0.1) is 0 Å². The number of alkyl halides is 6. The van der Waals surface area contributed by atoms with Crippen LogP contribution in [0.25, 0.3) is 0 Å². The number of hydrogen-bond acceptors (Lipinski definition) is 3. The van der Waals surface area contributed by atoms with Gasteiger partial charge in [0.2, 0.25) is 5.91 Å². The standard InChI is InChI=1S/C34H41ClF7N3O/c35-29-9-6-10-30(36)26(29)22-31(46)45-15-5-4-13-32(23-45,24-11-12-27(33(37,38)39)28(21-24)34(40,41)42)14-16-43-17-19-44(20-18-43)25-7-2-1-3-8-25/h6,9-12,21,25H,1-5,7-8,13-20,22-23H2/t32-/m1/s1. The molecular formula is C34H41ClF7N3O. The van der Waals surface area contributed by atoms with E-state index >= 15 is 0 Å². The minimum atomic E-state index is -5.22. The molecular weight excluding hydrogens is 635 g/mol. The Hall–Kier alpha value is -2.37. The van der Waals surface area contributed by atoms with Crippen molar-refractivity contribution < 1.29 is 35.5 Å². The molecule has 4 nitrogen and oxygen atoms in total. The van der Waals surface area contributed by atoms with Crippen molar-refractivity contribution >= 4 is 17.5 Å². The van der Waals surface area contributed by atoms with Crippen molar-refractivity contribution in [2.75, 3.05) is 45.8 Å². The molecule has 3 fully saturated rings. The minimum Gasteiger partial charge on any atom is -0.342 e. The largest absolute Gasteiger partial charge is 0.417 e. The fourth-order valence-corrected chi connectivity index (χ4v) is 7.81. The second-order valence-electron chi connectivity index (χ2n) is 13.1. The van der Waals surface area contributed by atoms with Gasteiger partial charge in [-0.1, -0.05) is 49.4 Å². The molecule has 0 N–H and O–H groups in total. The number of carbonyl (C=O) groups excluding carboxylic acids is 1. The predicted octanol–water partition coefficient (Wildman–Crippen LogP) is 8.35. The molecule has 2 heterocycles. The molecule has 1 saturated carbocycles. The van der Waals surface area contributed by atoms with Crippen molar-refractivity contribution in [2.45, 2.75) is 88.0 Å². The monoisotopic (exact) mass is 675 g/mol. The summed E-state index contributed by atoms with van der Waals surface area (Å²) in [5, 5.41) is 0.0966. The van der Waals surface area contributed by atoms with E-state index in [0.717, 1.165) is 32.2 Å². The van der Waals surface area contributed by atoms with Crippen LogP contribution in [-0.4, -0.2) is 72.5 Å². The first-order chi connectivity index (χ1) is 21.8. The highest BCUT2D eigenvalue weighted by molar-refractivity contribution is 6.31. The van der Waals surface area contributed by atoms with Crippen molar-refractivity contribution in [2.24, 2.45) is 0 Å². The van der Waals surface area contributed by atoms with Gasteiger partial charge >= 0.3 is 12.4 Å². The molecule has 0 unspecified atom stereocenters. The zero-order valence-electron chi connectivity index (χ0n) is 25.8. The summed E-state index contributed by atoms with van der Waals surface area (Å²) < 4.78 is 98.0. The summed E-state index contributed by atoms with van der Waals surface area (Å²) in [7, 11) is 0. The Kier molecular flexibility index (Phi) is 10.9. The maximum Gasteiger partial charge on any atom is 0.417 e. The van der Waals surface area contributed by atoms with Crippen LogP contribution in [0, 0.1) is 5.82 Å². The molecule has 0 bridgehead atoms. The number of benzene rings is 2. The van der Waals surface area contributed by atoms with Gasteiger partial charge in [-0.3, -0.25) is 9.69 Å². The summed E-state index contributed by atoms with van der Waals surface area (Å²) >= 11 is 6.19. The molecule has 1 amide bonds. The van der Waals surface area contributed by atoms with Crippen molar-refractivity contribution in [1.29, 1.82) is 0 Å². The molecule has 46 heavy (non-hydrogen) atoms. The summed E-state index contributed by atoms with van der Waals surface area (Å²) in [6.07, 6.45) is -2.70. The average molecular weight is 676 g/mol. The Morgan fingerprint density at radius 2 is 1.54 bits per heavy atom. The van der Waals surface area contributed by atoms with E-state index < -0.39 is 40.6 Å². The quantitative estimate of drug-likeness (QED) is 0.276. The molecule has 2 aromatic carbocycles. The van der Waals surface area contributed by atoms with Gasteiger partial charge < -0.3 is 9.80 Å². The molecule has 2 aromatic rings. The molecule has 3 aliphatic rings. The van der Waals surface area contributed by atoms with Crippen LogP contribution in [0.3, 0.4) is 0 Å². The zero-order valence-corrected chi connectivity index (χ0v) is 26.6. The van der Waals surface area contributed by atoms with E-state index in [1.807, 2.05) is 0 Å². The lowest BCUT2D eigenvalue weighted by atomic mass is 9.73. The average Bonchev–Trinajstić information content (AvgIpc) is 3.25. The first-order valence-electron chi connectivity index (χ1n) is 16.2. The van der Waals surface area contributed by atoms with E-state index in [2.05, 4.69) is 9.80 Å². The summed E-state index contributed by atoms with van der Waals surface area (Å²) in [6, 6.07) is 7.02. The number of rotatable bonds is 7. The number of amides is 1. The Bertz CT molecular complexity index is 1330. The molecule has 254 valence electrons. The van der Waals surface area contributed by atoms with Crippen molar-refractivity contribution in [3.63, 3.8) is 0 Å². The van der Waals surface area contributed by atoms with Crippen LogP contribution < -0.4 is 0 Å². The van der Waals surface area contributed by atoms with E-state index in [1.165, 1.54) is 55.2 Å². The SMILES string of the molecule is O=C(Cc1c(F)cccc1Cl)N1CCCC[C@](CCN2CCN(C3CCCCC3)CC2)(c2ccc(C(F)(F)F)c(C(F)(F)F)c2)C1. The summed E-state index contributed by atoms with van der Waals surface area (Å²) in [6.45, 7) is 4.22. The Labute approximate surface area is 270 Å². The molecule has 5 rings (SSSR count). The molecule has 2 aliphatic heterocycles. The Morgan fingerprint density at radius 1 is 0.848 bits per heavy atom. The third kappa shape index (κ3) is 8.19. The molecule has 1 aliphatic carbocycles. The fraction of sp³-hybridized carbons (Fsp3) is 0.618. The lowest BCUT2D eigenvalue weighted by Gasteiger charge is -2.43. The van der Waals surface area contributed by atoms with Gasteiger partial charge in [0.1, 0.15) is 5.82 Å². The Morgan fingerprint density at radius 3 is 2.20 bits per heavy atom. The van der Waals surface area contributed by atoms with Crippen molar-refractivity contribution in [3.8, 4) is 0 Å². The van der Waals surface area contributed by atoms with E-state index in [-0.39, 0.29) is 29.1 Å². The molecule has 0 radical (unpaired) electrons. The third-order valence-corrected chi connectivity index (χ3v) is 10.6. The lowest BCUT2D eigenvalue weighted by Crippen LogP contribution is -2.52. The van der Waals surface area contributed by atoms with E-state index in [1.54, 1.807) is 0 Å². The summed E-state index contributed by atoms with van der Waals surface area (Å²) in [5.41, 5.74) is -4.31. The number of nitrogens with zero attached hydrogens (tertiary/aromatic N) is 3. The predicted molar refractivity (Wildman–Crippen MR) is 163 cm³/mol. The van der Waals surface area contributed by atoms with Gasteiger partial charge in [0, 0.05) is 61.3 Å². The maximum atomic E-state index is 14.6. The molecule has 0 aromatic heterocycles. The highest BCUT2D eigenvalue weighted by Gasteiger charge is 2.45.